The van der Waals surface area contributed by atoms with Crippen LogP contribution < -0.4 is 0 Å². The molecule has 0 bridgehead atoms. The predicted molar refractivity (Wildman–Crippen MR) is 132 cm³/mol. The first kappa shape index (κ1) is 26.9. The molecule has 2 N–H and O–H groups in total. The first-order valence-corrected chi connectivity index (χ1v) is 13.0. The van der Waals surface area contributed by atoms with Crippen LogP contribution in [0.4, 0.5) is 0 Å². The number of aromatic nitrogens is 2. The van der Waals surface area contributed by atoms with Crippen molar-refractivity contribution < 1.29 is 18.6 Å². The minimum atomic E-state index is -4.13. The molecule has 33 heavy (non-hydrogen) atoms. The molecule has 2 aromatic rings. The third kappa shape index (κ3) is 7.30. The highest BCUT2D eigenvalue weighted by Gasteiger charge is 2.29. The third-order valence-electron chi connectivity index (χ3n) is 5.38. The second-order valence-corrected chi connectivity index (χ2v) is 10.7. The maximum Gasteiger partial charge on any atom is 0.222 e. The van der Waals surface area contributed by atoms with Gasteiger partial charge in [-0.05, 0) is 76.1 Å². The summed E-state index contributed by atoms with van der Waals surface area (Å²) in [4.78, 5) is 7.19. The van der Waals surface area contributed by atoms with Crippen molar-refractivity contribution in [3.63, 3.8) is 0 Å². The fraction of sp³-hybridized carbons (Fsp3) is 0.440. The van der Waals surface area contributed by atoms with Gasteiger partial charge in [0.1, 0.15) is 21.3 Å². The number of phenolic OH excluding ortho intramolecular Hbond substituents is 2. The number of phenols is 2. The van der Waals surface area contributed by atoms with E-state index in [1.165, 1.54) is 11.6 Å². The highest BCUT2D eigenvalue weighted by Crippen LogP contribution is 2.40. The Kier molecular flexibility index (Phi) is 9.92. The van der Waals surface area contributed by atoms with Gasteiger partial charge in [0, 0.05) is 5.56 Å². The minimum Gasteiger partial charge on any atom is -0.508 e. The van der Waals surface area contributed by atoms with E-state index in [1.54, 1.807) is 0 Å². The van der Waals surface area contributed by atoms with Gasteiger partial charge in [0.2, 0.25) is 15.1 Å². The molecule has 0 atom stereocenters. The van der Waals surface area contributed by atoms with E-state index in [0.717, 1.165) is 50.1 Å². The molecule has 0 fully saturated rings. The molecular weight excluding hydrogens is 460 g/mol. The van der Waals surface area contributed by atoms with Crippen LogP contribution in [-0.4, -0.2) is 28.6 Å². The molecule has 0 spiro atoms. The lowest BCUT2D eigenvalue weighted by Crippen LogP contribution is -2.09. The number of aromatic hydroxyl groups is 2. The van der Waals surface area contributed by atoms with Crippen molar-refractivity contribution >= 4 is 21.4 Å². The summed E-state index contributed by atoms with van der Waals surface area (Å²) in [7, 11) is -4.13. The zero-order valence-corrected chi connectivity index (χ0v) is 21.3. The van der Waals surface area contributed by atoms with Crippen LogP contribution in [0.2, 0.25) is 5.28 Å². The number of unbranched alkanes of at least 4 members (excludes halogenated alkanes) is 2. The Morgan fingerprint density at radius 3 is 2.36 bits per heavy atom. The number of benzene rings is 1. The lowest BCUT2D eigenvalue weighted by atomic mass is 10.00. The summed E-state index contributed by atoms with van der Waals surface area (Å²) in [6.45, 7) is 8.12. The van der Waals surface area contributed by atoms with Gasteiger partial charge in [0.15, 0.2) is 0 Å². The quantitative estimate of drug-likeness (QED) is 0.215. The van der Waals surface area contributed by atoms with Crippen LogP contribution in [0.1, 0.15) is 70.9 Å². The van der Waals surface area contributed by atoms with Gasteiger partial charge in [-0.3, -0.25) is 0 Å². The molecule has 6 nitrogen and oxygen atoms in total. The lowest BCUT2D eigenvalue weighted by molar-refractivity contribution is 0.427. The summed E-state index contributed by atoms with van der Waals surface area (Å²) in [6.07, 6.45) is 11.3. The smallest absolute Gasteiger partial charge is 0.222 e. The normalized spacial score (nSPS) is 12.1. The molecule has 0 unspecified atom stereocenters. The zero-order valence-electron chi connectivity index (χ0n) is 19.7. The van der Waals surface area contributed by atoms with Gasteiger partial charge in [-0.25, -0.2) is 18.4 Å². The van der Waals surface area contributed by atoms with Crippen molar-refractivity contribution in [2.75, 3.05) is 0 Å². The molecule has 0 saturated heterocycles. The van der Waals surface area contributed by atoms with Crippen LogP contribution >= 0.6 is 11.6 Å². The lowest BCUT2D eigenvalue weighted by Gasteiger charge is -2.17. The number of hydrogen-bond acceptors (Lipinski definition) is 6. The minimum absolute atomic E-state index is 0.0681. The van der Waals surface area contributed by atoms with E-state index in [2.05, 4.69) is 16.0 Å². The largest absolute Gasteiger partial charge is 0.508 e. The molecule has 0 aliphatic rings. The molecule has 180 valence electrons. The van der Waals surface area contributed by atoms with Crippen LogP contribution in [0.5, 0.6) is 11.5 Å². The highest BCUT2D eigenvalue weighted by molar-refractivity contribution is 7.91. The van der Waals surface area contributed by atoms with Gasteiger partial charge in [-0.2, -0.15) is 0 Å². The van der Waals surface area contributed by atoms with E-state index in [0.29, 0.717) is 12.0 Å². The number of aryl methyl sites for hydroxylation is 1. The zero-order chi connectivity index (χ0) is 24.6. The average Bonchev–Trinajstić information content (AvgIpc) is 2.73. The van der Waals surface area contributed by atoms with Gasteiger partial charge < -0.3 is 10.2 Å². The summed E-state index contributed by atoms with van der Waals surface area (Å²) in [5.74, 6) is -0.538. The number of nitrogens with zero attached hydrogens (tertiary/aromatic N) is 2. The number of hydrogen-bond donors (Lipinski definition) is 2. The highest BCUT2D eigenvalue weighted by atomic mass is 35.5. The molecule has 8 heteroatoms. The van der Waals surface area contributed by atoms with Crippen LogP contribution in [0, 0.1) is 0 Å². The van der Waals surface area contributed by atoms with Crippen LogP contribution in [0.3, 0.4) is 0 Å². The third-order valence-corrected chi connectivity index (χ3v) is 7.40. The predicted octanol–water partition coefficient (Wildman–Crippen LogP) is 6.34. The molecule has 2 rings (SSSR count). The maximum atomic E-state index is 13.4. The first-order chi connectivity index (χ1) is 15.6. The molecule has 1 aromatic carbocycles. The Labute approximate surface area is 202 Å². The standard InChI is InChI=1S/C25H33ClN2O4S/c1-5-6-7-11-19-14-22(29)21(13-12-18(4)10-8-9-17(2)3)23(30)24(19)33(31,32)20-15-27-25(26)28-16-20/h9,12,14-16,29-30H,5-8,10-11,13H2,1-4H3. The molecule has 0 radical (unpaired) electrons. The fourth-order valence-corrected chi connectivity index (χ4v) is 5.10. The summed E-state index contributed by atoms with van der Waals surface area (Å²) in [5.41, 5.74) is 2.90. The molecule has 1 aromatic heterocycles. The Balaban J connectivity index is 2.51. The Morgan fingerprint density at radius 2 is 1.76 bits per heavy atom. The first-order valence-electron chi connectivity index (χ1n) is 11.2. The second-order valence-electron chi connectivity index (χ2n) is 8.43. The Hall–Kier alpha value is -2.38. The summed E-state index contributed by atoms with van der Waals surface area (Å²) in [6, 6.07) is 1.46. The van der Waals surface area contributed by atoms with Gasteiger partial charge >= 0.3 is 0 Å². The SMILES string of the molecule is CCCCCc1cc(O)c(CC=C(C)CCC=C(C)C)c(O)c1S(=O)(=O)c1cnc(Cl)nc1. The van der Waals surface area contributed by atoms with Crippen molar-refractivity contribution in [2.24, 2.45) is 0 Å². The summed E-state index contributed by atoms with van der Waals surface area (Å²) < 4.78 is 26.9. The topological polar surface area (TPSA) is 100 Å². The monoisotopic (exact) mass is 492 g/mol. The summed E-state index contributed by atoms with van der Waals surface area (Å²) in [5, 5.41) is 21.7. The Bertz CT molecular complexity index is 1120. The van der Waals surface area contributed by atoms with Gasteiger partial charge in [-0.15, -0.1) is 0 Å². The maximum absolute atomic E-state index is 13.4. The van der Waals surface area contributed by atoms with Crippen molar-refractivity contribution in [3.8, 4) is 11.5 Å². The van der Waals surface area contributed by atoms with Gasteiger partial charge in [-0.1, -0.05) is 43.1 Å². The second kappa shape index (κ2) is 12.2. The van der Waals surface area contributed by atoms with E-state index in [-0.39, 0.29) is 32.8 Å². The molecule has 1 heterocycles. The van der Waals surface area contributed by atoms with Crippen molar-refractivity contribution in [1.82, 2.24) is 9.97 Å². The van der Waals surface area contributed by atoms with Crippen LogP contribution in [0.25, 0.3) is 0 Å². The van der Waals surface area contributed by atoms with Crippen LogP contribution in [0.15, 0.2) is 51.5 Å². The molecular formula is C25H33ClN2O4S. The van der Waals surface area contributed by atoms with Gasteiger partial charge in [0.25, 0.3) is 0 Å². The van der Waals surface area contributed by atoms with E-state index >= 15 is 0 Å². The van der Waals surface area contributed by atoms with Gasteiger partial charge in [0.05, 0.1) is 12.4 Å². The van der Waals surface area contributed by atoms with Crippen molar-refractivity contribution in [1.29, 1.82) is 0 Å². The number of allylic oxidation sites excluding steroid dienone is 4. The van der Waals surface area contributed by atoms with E-state index in [1.807, 2.05) is 33.8 Å². The van der Waals surface area contributed by atoms with Crippen LogP contribution in [-0.2, 0) is 22.7 Å². The van der Waals surface area contributed by atoms with E-state index in [9.17, 15) is 18.6 Å². The fourth-order valence-electron chi connectivity index (χ4n) is 3.50. The molecule has 0 aliphatic heterocycles. The van der Waals surface area contributed by atoms with E-state index in [4.69, 9.17) is 11.6 Å². The molecule has 0 saturated carbocycles. The number of halogens is 1. The molecule has 0 aliphatic carbocycles. The van der Waals surface area contributed by atoms with Crippen molar-refractivity contribution in [2.45, 2.75) is 82.4 Å². The summed E-state index contributed by atoms with van der Waals surface area (Å²) >= 11 is 5.72. The van der Waals surface area contributed by atoms with E-state index < -0.39 is 15.6 Å². The average molecular weight is 493 g/mol. The molecule has 0 amide bonds. The number of sulfone groups is 1. The Morgan fingerprint density at radius 1 is 1.09 bits per heavy atom. The number of rotatable bonds is 11. The van der Waals surface area contributed by atoms with Crippen molar-refractivity contribution in [3.05, 3.63) is 58.2 Å².